The number of nitrogens with one attached hydrogen (secondary N) is 2. The van der Waals surface area contributed by atoms with Crippen molar-refractivity contribution in [1.29, 1.82) is 0 Å². The molecule has 0 radical (unpaired) electrons. The fourth-order valence-corrected chi connectivity index (χ4v) is 4.19. The third kappa shape index (κ3) is 5.92. The zero-order chi connectivity index (χ0) is 29.0. The topological polar surface area (TPSA) is 58.2 Å². The summed E-state index contributed by atoms with van der Waals surface area (Å²) in [5.41, 5.74) is -2.68. The molecule has 2 N–H and O–H groups in total. The first kappa shape index (κ1) is 32.0. The van der Waals surface area contributed by atoms with Crippen molar-refractivity contribution in [2.45, 2.75) is 82.1 Å². The molecule has 2 atom stereocenters. The summed E-state index contributed by atoms with van der Waals surface area (Å²) in [7, 11) is 0. The van der Waals surface area contributed by atoms with Crippen molar-refractivity contribution >= 4 is 11.8 Å². The zero-order valence-electron chi connectivity index (χ0n) is 18.5. The van der Waals surface area contributed by atoms with Crippen molar-refractivity contribution < 1.29 is 71.1 Å². The van der Waals surface area contributed by atoms with Crippen LogP contribution < -0.4 is 10.6 Å². The molecule has 4 nitrogen and oxygen atoms in total. The van der Waals surface area contributed by atoms with Gasteiger partial charge in [0.1, 0.15) is 0 Å². The zero-order valence-corrected chi connectivity index (χ0v) is 18.5. The quantitative estimate of drug-likeness (QED) is 0.405. The summed E-state index contributed by atoms with van der Waals surface area (Å²) >= 11 is 0. The molecule has 0 aromatic carbocycles. The lowest BCUT2D eigenvalue weighted by Crippen LogP contribution is -2.62. The summed E-state index contributed by atoms with van der Waals surface area (Å²) in [6, 6.07) is -1.60. The molecule has 0 aromatic heterocycles. The Labute approximate surface area is 194 Å². The Bertz CT molecular complexity index is 850. The molecule has 0 saturated heterocycles. The van der Waals surface area contributed by atoms with Crippen LogP contribution in [0.3, 0.4) is 0 Å². The molecule has 0 spiro atoms. The SMILES string of the molecule is CC1(C)C[C@H](NC(=O)C(F)(F)C(F)(F)C(F)(F)F)C[C@@](C)(CNC(=O)C(F)(F)C(F)(F)C(F)(F)F)C1. The van der Waals surface area contributed by atoms with Gasteiger partial charge in [-0.2, -0.15) is 61.5 Å². The van der Waals surface area contributed by atoms with Gasteiger partial charge in [0, 0.05) is 12.6 Å². The minimum Gasteiger partial charge on any atom is -0.350 e. The maximum atomic E-state index is 13.6. The summed E-state index contributed by atoms with van der Waals surface area (Å²) in [6.07, 6.45) is -14.7. The smallest absolute Gasteiger partial charge is 0.350 e. The molecule has 0 unspecified atom stereocenters. The monoisotopic (exact) mass is 562 g/mol. The molecule has 2 amide bonds. The predicted molar refractivity (Wildman–Crippen MR) is 92.6 cm³/mol. The molecule has 0 aromatic rings. The van der Waals surface area contributed by atoms with Crippen molar-refractivity contribution in [2.75, 3.05) is 6.54 Å². The van der Waals surface area contributed by atoms with E-state index in [0.717, 1.165) is 6.92 Å². The highest BCUT2D eigenvalue weighted by Gasteiger charge is 2.77. The van der Waals surface area contributed by atoms with Crippen LogP contribution in [0.4, 0.5) is 61.5 Å². The molecule has 1 saturated carbocycles. The Morgan fingerprint density at radius 3 is 1.47 bits per heavy atom. The number of carbonyl (C=O) groups is 2. The minimum atomic E-state index is -6.80. The van der Waals surface area contributed by atoms with Gasteiger partial charge in [-0.25, -0.2) is 0 Å². The highest BCUT2D eigenvalue weighted by atomic mass is 19.4. The first-order valence-electron chi connectivity index (χ1n) is 9.78. The molecule has 1 aliphatic rings. The van der Waals surface area contributed by atoms with E-state index in [-0.39, 0.29) is 12.8 Å². The first-order chi connectivity index (χ1) is 15.5. The van der Waals surface area contributed by atoms with E-state index >= 15 is 0 Å². The van der Waals surface area contributed by atoms with Crippen molar-refractivity contribution in [3.8, 4) is 0 Å². The molecular weight excluding hydrogens is 542 g/mol. The van der Waals surface area contributed by atoms with E-state index in [9.17, 15) is 71.1 Å². The lowest BCUT2D eigenvalue weighted by Gasteiger charge is -2.47. The van der Waals surface area contributed by atoms with E-state index in [2.05, 4.69) is 0 Å². The van der Waals surface area contributed by atoms with Crippen LogP contribution in [0.1, 0.15) is 40.0 Å². The minimum absolute atomic E-state index is 0.150. The average molecular weight is 562 g/mol. The van der Waals surface area contributed by atoms with Crippen LogP contribution in [0, 0.1) is 10.8 Å². The standard InChI is InChI=1S/C18H20F14N2O2/c1-11(2)4-8(34-10(36)14(21,22)16(25,26)18(30,31)32)5-12(3,6-11)7-33-9(35)13(19,20)15(23,24)17(27,28)29/h8H,4-7H2,1-3H3,(H,33,35)(H,34,36)/t8-,12+/m0/s1. The Morgan fingerprint density at radius 1 is 0.694 bits per heavy atom. The normalized spacial score (nSPS) is 24.3. The molecule has 0 heterocycles. The molecule has 1 rings (SSSR count). The van der Waals surface area contributed by atoms with E-state index in [1.165, 1.54) is 24.5 Å². The van der Waals surface area contributed by atoms with E-state index in [0.29, 0.717) is 0 Å². The van der Waals surface area contributed by atoms with Gasteiger partial charge < -0.3 is 10.6 Å². The van der Waals surface area contributed by atoms with E-state index in [1.807, 2.05) is 0 Å². The second-order valence-corrected chi connectivity index (χ2v) is 9.71. The van der Waals surface area contributed by atoms with Gasteiger partial charge in [-0.3, -0.25) is 9.59 Å². The van der Waals surface area contributed by atoms with Gasteiger partial charge in [-0.05, 0) is 30.1 Å². The Hall–Kier alpha value is -2.04. The second kappa shape index (κ2) is 9.06. The van der Waals surface area contributed by atoms with Crippen molar-refractivity contribution in [2.24, 2.45) is 10.8 Å². The van der Waals surface area contributed by atoms with Gasteiger partial charge in [0.15, 0.2) is 0 Å². The molecule has 36 heavy (non-hydrogen) atoms. The van der Waals surface area contributed by atoms with Gasteiger partial charge in [-0.15, -0.1) is 0 Å². The number of hydrogen-bond donors (Lipinski definition) is 2. The molecule has 0 aliphatic heterocycles. The second-order valence-electron chi connectivity index (χ2n) is 9.71. The van der Waals surface area contributed by atoms with Crippen LogP contribution in [-0.4, -0.2) is 60.4 Å². The lowest BCUT2D eigenvalue weighted by atomic mass is 9.62. The van der Waals surface area contributed by atoms with Gasteiger partial charge in [0.25, 0.3) is 11.8 Å². The van der Waals surface area contributed by atoms with Crippen LogP contribution in [0.25, 0.3) is 0 Å². The maximum absolute atomic E-state index is 13.6. The Kier molecular flexibility index (Phi) is 8.05. The van der Waals surface area contributed by atoms with Gasteiger partial charge >= 0.3 is 36.0 Å². The largest absolute Gasteiger partial charge is 0.460 e. The van der Waals surface area contributed by atoms with Crippen LogP contribution >= 0.6 is 0 Å². The van der Waals surface area contributed by atoms with Crippen molar-refractivity contribution in [3.05, 3.63) is 0 Å². The molecule has 1 aliphatic carbocycles. The summed E-state index contributed by atoms with van der Waals surface area (Å²) < 4.78 is 180. The highest BCUT2D eigenvalue weighted by Crippen LogP contribution is 2.49. The fourth-order valence-electron chi connectivity index (χ4n) is 4.19. The maximum Gasteiger partial charge on any atom is 0.460 e. The number of hydrogen-bond acceptors (Lipinski definition) is 2. The molecule has 212 valence electrons. The van der Waals surface area contributed by atoms with Gasteiger partial charge in [0.05, 0.1) is 0 Å². The first-order valence-corrected chi connectivity index (χ1v) is 9.78. The van der Waals surface area contributed by atoms with Gasteiger partial charge in [0.2, 0.25) is 0 Å². The third-order valence-electron chi connectivity index (χ3n) is 5.53. The summed E-state index contributed by atoms with van der Waals surface area (Å²) in [5, 5.41) is 2.51. The van der Waals surface area contributed by atoms with Crippen LogP contribution in [0.5, 0.6) is 0 Å². The number of carbonyl (C=O) groups excluding carboxylic acids is 2. The van der Waals surface area contributed by atoms with Crippen LogP contribution in [0.15, 0.2) is 0 Å². The number of alkyl halides is 14. The molecule has 18 heteroatoms. The molecular formula is C18H20F14N2O2. The molecule has 0 bridgehead atoms. The number of amides is 2. The fraction of sp³-hybridized carbons (Fsp3) is 0.889. The van der Waals surface area contributed by atoms with E-state index < -0.39 is 77.7 Å². The summed E-state index contributed by atoms with van der Waals surface area (Å²) in [4.78, 5) is 23.2. The Morgan fingerprint density at radius 2 is 1.08 bits per heavy atom. The van der Waals surface area contributed by atoms with Crippen LogP contribution in [0.2, 0.25) is 0 Å². The Balaban J connectivity index is 3.08. The predicted octanol–water partition coefficient (Wildman–Crippen LogP) is 5.47. The van der Waals surface area contributed by atoms with Crippen molar-refractivity contribution in [1.82, 2.24) is 10.6 Å². The van der Waals surface area contributed by atoms with Crippen LogP contribution in [-0.2, 0) is 9.59 Å². The van der Waals surface area contributed by atoms with Gasteiger partial charge in [-0.1, -0.05) is 20.8 Å². The highest BCUT2D eigenvalue weighted by molar-refractivity contribution is 5.85. The summed E-state index contributed by atoms with van der Waals surface area (Å²) in [5.74, 6) is -32.1. The van der Waals surface area contributed by atoms with Crippen molar-refractivity contribution in [3.63, 3.8) is 0 Å². The molecule has 1 fully saturated rings. The van der Waals surface area contributed by atoms with E-state index in [4.69, 9.17) is 0 Å². The van der Waals surface area contributed by atoms with E-state index in [1.54, 1.807) is 0 Å². The number of rotatable bonds is 7. The average Bonchev–Trinajstić information content (AvgIpc) is 2.62. The number of halogens is 14. The third-order valence-corrected chi connectivity index (χ3v) is 5.53. The summed E-state index contributed by atoms with van der Waals surface area (Å²) in [6.45, 7) is 2.76. The lowest BCUT2D eigenvalue weighted by molar-refractivity contribution is -0.344.